The van der Waals surface area contributed by atoms with Gasteiger partial charge in [0.05, 0.1) is 0 Å². The molecule has 1 saturated heterocycles. The molecule has 1 amide bonds. The molecule has 0 saturated carbocycles. The van der Waals surface area contributed by atoms with Crippen molar-refractivity contribution in [2.24, 2.45) is 10.9 Å². The summed E-state index contributed by atoms with van der Waals surface area (Å²) in [7, 11) is 0. The van der Waals surface area contributed by atoms with Gasteiger partial charge in [-0.25, -0.2) is 0 Å². The minimum absolute atomic E-state index is 0.0659. The maximum absolute atomic E-state index is 14.7. The van der Waals surface area contributed by atoms with Crippen LogP contribution < -0.4 is 21.0 Å². The van der Waals surface area contributed by atoms with Crippen molar-refractivity contribution in [2.45, 2.75) is 37.9 Å². The number of hydrogen-bond donors (Lipinski definition) is 4. The molecule has 34 heavy (non-hydrogen) atoms. The van der Waals surface area contributed by atoms with E-state index >= 15 is 0 Å². The molecule has 5 rings (SSSR count). The van der Waals surface area contributed by atoms with Crippen LogP contribution in [0, 0.1) is 5.21 Å². The summed E-state index contributed by atoms with van der Waals surface area (Å²) in [5.41, 5.74) is 8.47. The van der Waals surface area contributed by atoms with Gasteiger partial charge in [-0.1, -0.05) is 59.8 Å². The van der Waals surface area contributed by atoms with Crippen molar-refractivity contribution in [3.8, 4) is 0 Å². The average Bonchev–Trinajstić information content (AvgIpc) is 3.16. The third kappa shape index (κ3) is 4.00. The number of carbonyl (C=O) groups excluding carboxylic acids is 1. The first-order valence-electron chi connectivity index (χ1n) is 11.7. The minimum Gasteiger partial charge on any atom is -0.627 e. The highest BCUT2D eigenvalue weighted by molar-refractivity contribution is 5.98. The van der Waals surface area contributed by atoms with Crippen molar-refractivity contribution in [1.29, 1.82) is 0 Å². The second kappa shape index (κ2) is 9.06. The number of benzene rings is 3. The van der Waals surface area contributed by atoms with Crippen LogP contribution in [-0.2, 0) is 17.8 Å². The minimum atomic E-state index is -0.814. The zero-order valence-electron chi connectivity index (χ0n) is 18.9. The summed E-state index contributed by atoms with van der Waals surface area (Å²) in [5, 5.41) is 35.5. The molecule has 2 unspecified atom stereocenters. The first-order valence-corrected chi connectivity index (χ1v) is 11.7. The van der Waals surface area contributed by atoms with E-state index in [9.17, 15) is 10.0 Å². The number of oxime groups is 1. The Hall–Kier alpha value is -3.46. The number of piperidine rings is 1. The summed E-state index contributed by atoms with van der Waals surface area (Å²) in [6.07, 6.45) is 2.04. The van der Waals surface area contributed by atoms with E-state index in [1.807, 2.05) is 48.5 Å². The van der Waals surface area contributed by atoms with Gasteiger partial charge in [-0.3, -0.25) is 4.79 Å². The van der Waals surface area contributed by atoms with Gasteiger partial charge in [0.2, 0.25) is 0 Å². The van der Waals surface area contributed by atoms with Crippen molar-refractivity contribution in [1.82, 2.24) is 15.3 Å². The van der Waals surface area contributed by atoms with E-state index in [4.69, 9.17) is 10.9 Å². The summed E-state index contributed by atoms with van der Waals surface area (Å²) in [6.45, 7) is 1.82. The van der Waals surface area contributed by atoms with Crippen molar-refractivity contribution in [3.05, 3.63) is 82.6 Å². The number of quaternary nitrogens is 1. The number of nitrogens with two attached hydrogens (primary N) is 1. The standard InChI is InChI=1S/C26H29N5O3/c27-25(30-33)19-9-8-18-14-24(26(32)29-21-10-12-28-13-11-21)31(34,23(18)15-19)16-20-6-3-5-17-4-1-2-7-22(17)20/h1-9,15,21,24,28,33H,10-14,16H2,(H2,27,30)(H,29,32). The van der Waals surface area contributed by atoms with Crippen LogP contribution in [0.3, 0.4) is 0 Å². The third-order valence-electron chi connectivity index (χ3n) is 7.09. The summed E-state index contributed by atoms with van der Waals surface area (Å²) >= 11 is 0. The highest BCUT2D eigenvalue weighted by Gasteiger charge is 2.46. The van der Waals surface area contributed by atoms with E-state index < -0.39 is 10.7 Å². The molecule has 3 aromatic rings. The number of nitrogens with one attached hydrogen (secondary N) is 2. The zero-order chi connectivity index (χ0) is 23.7. The number of amidine groups is 1. The van der Waals surface area contributed by atoms with Crippen LogP contribution in [0.15, 0.2) is 65.8 Å². The first-order chi connectivity index (χ1) is 16.5. The number of fused-ring (bicyclic) bond motifs is 2. The van der Waals surface area contributed by atoms with Gasteiger partial charge in [-0.2, -0.15) is 0 Å². The van der Waals surface area contributed by atoms with Gasteiger partial charge >= 0.3 is 0 Å². The molecule has 0 spiro atoms. The molecular formula is C26H29N5O3. The number of rotatable bonds is 5. The summed E-state index contributed by atoms with van der Waals surface area (Å²) in [4.78, 5) is 13.5. The van der Waals surface area contributed by atoms with Crippen LogP contribution in [0.1, 0.15) is 29.5 Å². The molecule has 2 atom stereocenters. The van der Waals surface area contributed by atoms with Crippen LogP contribution in [0.2, 0.25) is 0 Å². The van der Waals surface area contributed by atoms with Crippen LogP contribution in [0.5, 0.6) is 0 Å². The van der Waals surface area contributed by atoms with Crippen LogP contribution in [-0.4, -0.2) is 42.1 Å². The molecule has 8 heteroatoms. The highest BCUT2D eigenvalue weighted by Crippen LogP contribution is 2.41. The number of carbonyl (C=O) groups is 1. The molecule has 5 N–H and O–H groups in total. The Morgan fingerprint density at radius 1 is 1.15 bits per heavy atom. The molecule has 2 aliphatic heterocycles. The van der Waals surface area contributed by atoms with Crippen molar-refractivity contribution in [2.75, 3.05) is 13.1 Å². The summed E-state index contributed by atoms with van der Waals surface area (Å²) in [6, 6.07) is 18.3. The largest absolute Gasteiger partial charge is 0.627 e. The molecule has 176 valence electrons. The van der Waals surface area contributed by atoms with E-state index in [-0.39, 0.29) is 24.3 Å². The SMILES string of the molecule is N/C(=N/O)c1ccc2c(c1)[N+]([O-])(Cc1cccc3ccccc13)C(C(=O)NC1CCNCC1)C2. The third-order valence-corrected chi connectivity index (χ3v) is 7.09. The molecule has 0 aliphatic carbocycles. The Balaban J connectivity index is 1.56. The first kappa shape index (κ1) is 22.3. The van der Waals surface area contributed by atoms with Gasteiger partial charge in [0.25, 0.3) is 5.91 Å². The monoisotopic (exact) mass is 459 g/mol. The number of amides is 1. The Morgan fingerprint density at radius 2 is 1.91 bits per heavy atom. The molecule has 8 nitrogen and oxygen atoms in total. The zero-order valence-corrected chi connectivity index (χ0v) is 18.9. The van der Waals surface area contributed by atoms with Gasteiger partial charge in [0.15, 0.2) is 11.9 Å². The van der Waals surface area contributed by atoms with Crippen molar-refractivity contribution >= 4 is 28.2 Å². The fourth-order valence-corrected chi connectivity index (χ4v) is 5.25. The summed E-state index contributed by atoms with van der Waals surface area (Å²) in [5.74, 6) is -0.286. The molecule has 3 aromatic carbocycles. The molecular weight excluding hydrogens is 430 g/mol. The number of hydroxylamine groups is 2. The average molecular weight is 460 g/mol. The molecule has 1 fully saturated rings. The lowest BCUT2D eigenvalue weighted by Gasteiger charge is -2.44. The van der Waals surface area contributed by atoms with E-state index in [1.165, 1.54) is 0 Å². The van der Waals surface area contributed by atoms with Crippen molar-refractivity contribution < 1.29 is 10.0 Å². The Bertz CT molecular complexity index is 1250. The quantitative estimate of drug-likeness (QED) is 0.117. The fourth-order valence-electron chi connectivity index (χ4n) is 5.25. The van der Waals surface area contributed by atoms with Crippen LogP contribution >= 0.6 is 0 Å². The lowest BCUT2D eigenvalue weighted by Crippen LogP contribution is -2.58. The molecule has 2 heterocycles. The van der Waals surface area contributed by atoms with Gasteiger partial charge in [-0.15, -0.1) is 0 Å². The summed E-state index contributed by atoms with van der Waals surface area (Å²) < 4.78 is -0.813. The van der Waals surface area contributed by atoms with Gasteiger partial charge < -0.3 is 31.4 Å². The Morgan fingerprint density at radius 3 is 2.71 bits per heavy atom. The smallest absolute Gasteiger partial charge is 0.279 e. The van der Waals surface area contributed by atoms with Crippen LogP contribution in [0.4, 0.5) is 5.69 Å². The van der Waals surface area contributed by atoms with Gasteiger partial charge in [-0.05, 0) is 36.7 Å². The molecule has 2 aliphatic rings. The molecule has 0 radical (unpaired) electrons. The van der Waals surface area contributed by atoms with E-state index in [1.54, 1.807) is 12.1 Å². The van der Waals surface area contributed by atoms with E-state index in [2.05, 4.69) is 15.8 Å². The molecule has 0 bridgehead atoms. The van der Waals surface area contributed by atoms with Crippen molar-refractivity contribution in [3.63, 3.8) is 0 Å². The van der Waals surface area contributed by atoms with E-state index in [0.717, 1.165) is 47.8 Å². The normalized spacial score (nSPS) is 23.1. The lowest BCUT2D eigenvalue weighted by atomic mass is 10.0. The molecule has 0 aromatic heterocycles. The topological polar surface area (TPSA) is 123 Å². The Kier molecular flexibility index (Phi) is 5.95. The second-order valence-corrected chi connectivity index (χ2v) is 9.17. The predicted molar refractivity (Wildman–Crippen MR) is 133 cm³/mol. The maximum Gasteiger partial charge on any atom is 0.279 e. The number of nitrogens with zero attached hydrogens (tertiary/aromatic N) is 2. The van der Waals surface area contributed by atoms with Gasteiger partial charge in [0, 0.05) is 35.2 Å². The van der Waals surface area contributed by atoms with Crippen LogP contribution in [0.25, 0.3) is 10.8 Å². The fraction of sp³-hybridized carbons (Fsp3) is 0.308. The Labute approximate surface area is 198 Å². The van der Waals surface area contributed by atoms with Gasteiger partial charge in [0.1, 0.15) is 12.2 Å². The predicted octanol–water partition coefficient (Wildman–Crippen LogP) is 2.73. The second-order valence-electron chi connectivity index (χ2n) is 9.17. The van der Waals surface area contributed by atoms with E-state index in [0.29, 0.717) is 17.7 Å². The maximum atomic E-state index is 14.7. The highest BCUT2D eigenvalue weighted by atomic mass is 16.6. The number of hydrogen-bond acceptors (Lipinski definition) is 5. The lowest BCUT2D eigenvalue weighted by molar-refractivity contribution is -0.125.